The molecule has 2 rings (SSSR count). The lowest BCUT2D eigenvalue weighted by Gasteiger charge is -2.47. The number of piperidine rings is 1. The van der Waals surface area contributed by atoms with Gasteiger partial charge in [0.05, 0.1) is 16.1 Å². The van der Waals surface area contributed by atoms with Crippen LogP contribution in [-0.2, 0) is 0 Å². The first kappa shape index (κ1) is 19.4. The summed E-state index contributed by atoms with van der Waals surface area (Å²) in [6.45, 7) is 8.33. The molecule has 2 amide bonds. The second kappa shape index (κ2) is 7.51. The molecule has 24 heavy (non-hydrogen) atoms. The van der Waals surface area contributed by atoms with Crippen LogP contribution in [0.5, 0.6) is 0 Å². The van der Waals surface area contributed by atoms with Crippen molar-refractivity contribution in [2.75, 3.05) is 27.2 Å². The molecule has 1 aliphatic rings. The minimum Gasteiger partial charge on any atom is -0.331 e. The summed E-state index contributed by atoms with van der Waals surface area (Å²) in [6, 6.07) is 5.39. The van der Waals surface area contributed by atoms with Crippen molar-refractivity contribution < 1.29 is 4.79 Å². The molecule has 0 radical (unpaired) electrons. The van der Waals surface area contributed by atoms with Crippen LogP contribution >= 0.6 is 23.2 Å². The second-order valence-electron chi connectivity index (χ2n) is 7.46. The van der Waals surface area contributed by atoms with Gasteiger partial charge in [-0.3, -0.25) is 0 Å². The van der Waals surface area contributed by atoms with Crippen molar-refractivity contribution >= 4 is 29.2 Å². The summed E-state index contributed by atoms with van der Waals surface area (Å²) in [5.41, 5.74) is 0.879. The fourth-order valence-corrected chi connectivity index (χ4v) is 4.16. The van der Waals surface area contributed by atoms with Crippen molar-refractivity contribution in [3.63, 3.8) is 0 Å². The Hall–Kier alpha value is -0.970. The second-order valence-corrected chi connectivity index (χ2v) is 8.24. The van der Waals surface area contributed by atoms with Gasteiger partial charge in [-0.25, -0.2) is 4.79 Å². The molecule has 0 spiro atoms. The van der Waals surface area contributed by atoms with E-state index in [2.05, 4.69) is 31.1 Å². The molecule has 1 aliphatic heterocycles. The van der Waals surface area contributed by atoms with E-state index in [1.54, 1.807) is 6.07 Å². The number of rotatable bonds is 3. The van der Waals surface area contributed by atoms with Crippen molar-refractivity contribution in [1.82, 2.24) is 15.1 Å². The smallest absolute Gasteiger partial charge is 0.317 e. The molecule has 1 N–H and O–H groups in total. The summed E-state index contributed by atoms with van der Waals surface area (Å²) in [5, 5.41) is 4.04. The maximum atomic E-state index is 12.7. The van der Waals surface area contributed by atoms with Gasteiger partial charge in [-0.1, -0.05) is 49.2 Å². The highest BCUT2D eigenvalue weighted by molar-refractivity contribution is 6.42. The average molecular weight is 372 g/mol. The van der Waals surface area contributed by atoms with Gasteiger partial charge in [0.15, 0.2) is 0 Å². The van der Waals surface area contributed by atoms with E-state index in [9.17, 15) is 4.79 Å². The Morgan fingerprint density at radius 3 is 2.71 bits per heavy atom. The van der Waals surface area contributed by atoms with Gasteiger partial charge in [0.1, 0.15) is 0 Å². The molecule has 1 unspecified atom stereocenters. The summed E-state index contributed by atoms with van der Waals surface area (Å²) in [7, 11) is 4.00. The van der Waals surface area contributed by atoms with Gasteiger partial charge >= 0.3 is 6.03 Å². The molecular formula is C18H27Cl2N3O. The summed E-state index contributed by atoms with van der Waals surface area (Å²) in [6.07, 6.45) is 0.972. The van der Waals surface area contributed by atoms with Crippen LogP contribution in [0.3, 0.4) is 0 Å². The van der Waals surface area contributed by atoms with Gasteiger partial charge in [0.25, 0.3) is 0 Å². The molecule has 1 heterocycles. The molecule has 2 atom stereocenters. The zero-order valence-electron chi connectivity index (χ0n) is 15.1. The molecule has 1 aromatic carbocycles. The number of benzene rings is 1. The number of amides is 2. The lowest BCUT2D eigenvalue weighted by Crippen LogP contribution is -2.57. The van der Waals surface area contributed by atoms with E-state index in [4.69, 9.17) is 23.2 Å². The van der Waals surface area contributed by atoms with E-state index in [1.165, 1.54) is 0 Å². The van der Waals surface area contributed by atoms with Crippen molar-refractivity contribution in [1.29, 1.82) is 0 Å². The first-order chi connectivity index (χ1) is 11.1. The number of urea groups is 1. The fraction of sp³-hybridized carbons (Fsp3) is 0.611. The molecule has 0 bridgehead atoms. The Bertz CT molecular complexity index is 606. The Morgan fingerprint density at radius 1 is 1.42 bits per heavy atom. The zero-order chi connectivity index (χ0) is 18.1. The van der Waals surface area contributed by atoms with Crippen LogP contribution in [0.1, 0.15) is 38.8 Å². The van der Waals surface area contributed by atoms with Crippen LogP contribution in [0.4, 0.5) is 4.79 Å². The number of likely N-dealkylation sites (tertiary alicyclic amines) is 1. The van der Waals surface area contributed by atoms with Crippen LogP contribution in [-0.4, -0.2) is 49.1 Å². The highest BCUT2D eigenvalue weighted by atomic mass is 35.5. The largest absolute Gasteiger partial charge is 0.331 e. The number of hydrogen-bond acceptors (Lipinski definition) is 2. The molecule has 134 valence electrons. The molecule has 0 aromatic heterocycles. The highest BCUT2D eigenvalue weighted by Crippen LogP contribution is 2.33. The standard InChI is InChI=1S/C18H27Cl2N3O/c1-12(13-7-6-8-14(19)16(13)20)21-17(24)23(5)15-9-10-22(4)11-18(15,2)3/h6-8,12,15H,9-11H2,1-5H3,(H,21,24)/t12-,15?/m0/s1. The van der Waals surface area contributed by atoms with E-state index in [0.29, 0.717) is 10.0 Å². The van der Waals surface area contributed by atoms with Crippen LogP contribution < -0.4 is 5.32 Å². The number of carbonyl (C=O) groups excluding carboxylic acids is 1. The van der Waals surface area contributed by atoms with E-state index in [-0.39, 0.29) is 23.5 Å². The topological polar surface area (TPSA) is 35.6 Å². The molecule has 0 aliphatic carbocycles. The van der Waals surface area contributed by atoms with Crippen LogP contribution in [0, 0.1) is 5.41 Å². The van der Waals surface area contributed by atoms with Crippen LogP contribution in [0.25, 0.3) is 0 Å². The quantitative estimate of drug-likeness (QED) is 0.852. The van der Waals surface area contributed by atoms with Gasteiger partial charge in [-0.15, -0.1) is 0 Å². The van der Waals surface area contributed by atoms with Gasteiger partial charge in [-0.2, -0.15) is 0 Å². The molecule has 0 saturated carbocycles. The van der Waals surface area contributed by atoms with Gasteiger partial charge in [0, 0.05) is 19.6 Å². The molecule has 1 aromatic rings. The van der Waals surface area contributed by atoms with Gasteiger partial charge in [-0.05, 0) is 44.0 Å². The van der Waals surface area contributed by atoms with E-state index >= 15 is 0 Å². The third kappa shape index (κ3) is 4.16. The number of nitrogens with one attached hydrogen (secondary N) is 1. The van der Waals surface area contributed by atoms with E-state index in [1.807, 2.05) is 31.0 Å². The van der Waals surface area contributed by atoms with Crippen LogP contribution in [0.2, 0.25) is 10.0 Å². The summed E-state index contributed by atoms with van der Waals surface area (Å²) in [5.74, 6) is 0. The maximum Gasteiger partial charge on any atom is 0.317 e. The van der Waals surface area contributed by atoms with Crippen molar-refractivity contribution in [2.24, 2.45) is 5.41 Å². The molecule has 1 fully saturated rings. The zero-order valence-corrected chi connectivity index (χ0v) is 16.6. The number of nitrogens with zero attached hydrogens (tertiary/aromatic N) is 2. The SMILES string of the molecule is C[C@H](NC(=O)N(C)C1CCN(C)CC1(C)C)c1cccc(Cl)c1Cl. The first-order valence-corrected chi connectivity index (χ1v) is 9.05. The predicted octanol–water partition coefficient (Wildman–Crippen LogP) is 4.43. The van der Waals surface area contributed by atoms with Crippen LogP contribution in [0.15, 0.2) is 18.2 Å². The first-order valence-electron chi connectivity index (χ1n) is 8.29. The third-order valence-electron chi connectivity index (χ3n) is 4.94. The number of halogens is 2. The molecular weight excluding hydrogens is 345 g/mol. The normalized spacial score (nSPS) is 22.0. The Labute approximate surface area is 155 Å². The lowest BCUT2D eigenvalue weighted by atomic mass is 9.78. The fourth-order valence-electron chi connectivity index (χ4n) is 3.69. The Morgan fingerprint density at radius 2 is 2.08 bits per heavy atom. The highest BCUT2D eigenvalue weighted by Gasteiger charge is 2.38. The summed E-state index contributed by atoms with van der Waals surface area (Å²) >= 11 is 12.3. The molecule has 6 heteroatoms. The maximum absolute atomic E-state index is 12.7. The van der Waals surface area contributed by atoms with Gasteiger partial charge in [0.2, 0.25) is 0 Å². The molecule has 1 saturated heterocycles. The number of carbonyl (C=O) groups is 1. The average Bonchev–Trinajstić information content (AvgIpc) is 2.48. The summed E-state index contributed by atoms with van der Waals surface area (Å²) in [4.78, 5) is 16.9. The Kier molecular flexibility index (Phi) is 6.05. The molecule has 4 nitrogen and oxygen atoms in total. The van der Waals surface area contributed by atoms with Crippen molar-refractivity contribution in [2.45, 2.75) is 39.3 Å². The van der Waals surface area contributed by atoms with Crippen molar-refractivity contribution in [3.05, 3.63) is 33.8 Å². The minimum atomic E-state index is -0.208. The monoisotopic (exact) mass is 371 g/mol. The predicted molar refractivity (Wildman–Crippen MR) is 101 cm³/mol. The third-order valence-corrected chi connectivity index (χ3v) is 5.77. The van der Waals surface area contributed by atoms with E-state index < -0.39 is 0 Å². The Balaban J connectivity index is 2.07. The lowest BCUT2D eigenvalue weighted by molar-refractivity contribution is 0.0446. The van der Waals surface area contributed by atoms with E-state index in [0.717, 1.165) is 25.1 Å². The minimum absolute atomic E-state index is 0.0516. The van der Waals surface area contributed by atoms with Gasteiger partial charge < -0.3 is 15.1 Å². The van der Waals surface area contributed by atoms with Crippen molar-refractivity contribution in [3.8, 4) is 0 Å². The number of hydrogen-bond donors (Lipinski definition) is 1. The summed E-state index contributed by atoms with van der Waals surface area (Å²) < 4.78 is 0.